The summed E-state index contributed by atoms with van der Waals surface area (Å²) >= 11 is 6.23. The highest BCUT2D eigenvalue weighted by atomic mass is 35.5. The summed E-state index contributed by atoms with van der Waals surface area (Å²) in [5, 5.41) is 3.57. The van der Waals surface area contributed by atoms with E-state index < -0.39 is 0 Å². The molecular formula is C14H23ClN4. The molecule has 1 fully saturated rings. The van der Waals surface area contributed by atoms with Crippen LogP contribution in [0.2, 0.25) is 5.02 Å². The van der Waals surface area contributed by atoms with E-state index in [2.05, 4.69) is 41.1 Å². The lowest BCUT2D eigenvalue weighted by Crippen LogP contribution is -2.37. The summed E-state index contributed by atoms with van der Waals surface area (Å²) in [6.45, 7) is 4.69. The number of hydrogen-bond acceptors (Lipinski definition) is 4. The van der Waals surface area contributed by atoms with E-state index in [0.29, 0.717) is 22.4 Å². The van der Waals surface area contributed by atoms with Gasteiger partial charge in [0, 0.05) is 20.1 Å². The monoisotopic (exact) mass is 282 g/mol. The number of halogens is 1. The molecule has 1 saturated carbocycles. The first kappa shape index (κ1) is 14.4. The molecule has 1 heterocycles. The molecule has 0 aliphatic heterocycles. The molecule has 0 spiro atoms. The fraction of sp³-hybridized carbons (Fsp3) is 0.714. The van der Waals surface area contributed by atoms with E-state index in [1.807, 2.05) is 7.05 Å². The van der Waals surface area contributed by atoms with Gasteiger partial charge in [-0.05, 0) is 31.1 Å². The maximum Gasteiger partial charge on any atom is 0.224 e. The average molecular weight is 283 g/mol. The Kier molecular flexibility index (Phi) is 4.19. The Bertz CT molecular complexity index is 437. The molecule has 1 aromatic heterocycles. The van der Waals surface area contributed by atoms with Crippen molar-refractivity contribution in [1.82, 2.24) is 9.97 Å². The molecule has 2 rings (SSSR count). The first-order chi connectivity index (χ1) is 8.93. The number of nitrogens with zero attached hydrogens (tertiary/aromatic N) is 3. The van der Waals surface area contributed by atoms with Crippen molar-refractivity contribution in [3.63, 3.8) is 0 Å². The number of aromatic nitrogens is 2. The molecule has 0 aromatic carbocycles. The van der Waals surface area contributed by atoms with Crippen LogP contribution in [0.1, 0.15) is 39.5 Å². The van der Waals surface area contributed by atoms with Crippen LogP contribution in [0.25, 0.3) is 0 Å². The zero-order chi connectivity index (χ0) is 14.0. The van der Waals surface area contributed by atoms with Crippen LogP contribution in [0, 0.1) is 5.41 Å². The second-order valence-corrected chi connectivity index (χ2v) is 6.53. The van der Waals surface area contributed by atoms with E-state index in [4.69, 9.17) is 11.6 Å². The van der Waals surface area contributed by atoms with Crippen molar-refractivity contribution in [1.29, 1.82) is 0 Å². The largest absolute Gasteiger partial charge is 0.357 e. The van der Waals surface area contributed by atoms with Crippen LogP contribution in [0.5, 0.6) is 0 Å². The number of nitrogens with one attached hydrogen (secondary N) is 1. The second kappa shape index (κ2) is 5.53. The third-order valence-corrected chi connectivity index (χ3v) is 4.41. The van der Waals surface area contributed by atoms with Gasteiger partial charge in [-0.2, -0.15) is 4.98 Å². The van der Waals surface area contributed by atoms with E-state index in [1.54, 1.807) is 6.20 Å². The van der Waals surface area contributed by atoms with Crippen LogP contribution in [-0.2, 0) is 0 Å². The summed E-state index contributed by atoms with van der Waals surface area (Å²) in [6.07, 6.45) is 6.56. The van der Waals surface area contributed by atoms with Crippen molar-refractivity contribution in [2.45, 2.75) is 45.6 Å². The molecule has 19 heavy (non-hydrogen) atoms. The highest BCUT2D eigenvalue weighted by Gasteiger charge is 2.30. The third-order valence-electron chi connectivity index (χ3n) is 4.14. The molecule has 4 nitrogen and oxygen atoms in total. The van der Waals surface area contributed by atoms with Gasteiger partial charge in [0.05, 0.1) is 6.20 Å². The van der Waals surface area contributed by atoms with Crippen molar-refractivity contribution < 1.29 is 0 Å². The maximum absolute atomic E-state index is 6.23. The van der Waals surface area contributed by atoms with Gasteiger partial charge >= 0.3 is 0 Å². The molecular weight excluding hydrogens is 260 g/mol. The van der Waals surface area contributed by atoms with E-state index in [1.165, 1.54) is 25.7 Å². The van der Waals surface area contributed by atoms with Crippen molar-refractivity contribution in [3.8, 4) is 0 Å². The van der Waals surface area contributed by atoms with E-state index in [9.17, 15) is 0 Å². The lowest BCUT2D eigenvalue weighted by molar-refractivity contribution is 0.222. The van der Waals surface area contributed by atoms with E-state index >= 15 is 0 Å². The van der Waals surface area contributed by atoms with E-state index in [-0.39, 0.29) is 0 Å². The first-order valence-electron chi connectivity index (χ1n) is 6.86. The third kappa shape index (κ3) is 3.30. The van der Waals surface area contributed by atoms with Gasteiger partial charge in [-0.3, -0.25) is 0 Å². The Morgan fingerprint density at radius 3 is 2.58 bits per heavy atom. The second-order valence-electron chi connectivity index (χ2n) is 6.12. The van der Waals surface area contributed by atoms with Gasteiger partial charge in [-0.1, -0.05) is 25.4 Å². The SMILES string of the molecule is CNc1ncc(Cl)c(N(C)C2CCC(C)(C)CC2)n1. The molecule has 5 heteroatoms. The maximum atomic E-state index is 6.23. The van der Waals surface area contributed by atoms with Gasteiger partial charge in [-0.25, -0.2) is 4.98 Å². The fourth-order valence-corrected chi connectivity index (χ4v) is 2.89. The molecule has 106 valence electrons. The Hall–Kier alpha value is -1.03. The van der Waals surface area contributed by atoms with Crippen molar-refractivity contribution >= 4 is 23.4 Å². The number of anilines is 2. The lowest BCUT2D eigenvalue weighted by Gasteiger charge is -2.39. The molecule has 0 atom stereocenters. The molecule has 0 radical (unpaired) electrons. The van der Waals surface area contributed by atoms with Gasteiger partial charge in [0.2, 0.25) is 5.95 Å². The predicted octanol–water partition coefficient (Wildman–Crippen LogP) is 3.58. The van der Waals surface area contributed by atoms with Crippen molar-refractivity contribution in [3.05, 3.63) is 11.2 Å². The minimum Gasteiger partial charge on any atom is -0.357 e. The molecule has 1 aliphatic rings. The normalized spacial score (nSPS) is 19.2. The Balaban J connectivity index is 2.13. The lowest BCUT2D eigenvalue weighted by atomic mass is 9.75. The first-order valence-corrected chi connectivity index (χ1v) is 7.24. The summed E-state index contributed by atoms with van der Waals surface area (Å²) in [5.41, 5.74) is 0.475. The summed E-state index contributed by atoms with van der Waals surface area (Å²) in [6, 6.07) is 0.519. The average Bonchev–Trinajstić information content (AvgIpc) is 2.38. The van der Waals surface area contributed by atoms with Gasteiger partial charge in [-0.15, -0.1) is 0 Å². The molecule has 0 bridgehead atoms. The highest BCUT2D eigenvalue weighted by molar-refractivity contribution is 6.32. The number of rotatable bonds is 3. The quantitative estimate of drug-likeness (QED) is 0.920. The molecule has 0 saturated heterocycles. The summed E-state index contributed by atoms with van der Waals surface area (Å²) in [5.74, 6) is 1.44. The zero-order valence-electron chi connectivity index (χ0n) is 12.2. The predicted molar refractivity (Wildman–Crippen MR) is 81.0 cm³/mol. The summed E-state index contributed by atoms with van der Waals surface area (Å²) in [7, 11) is 3.90. The summed E-state index contributed by atoms with van der Waals surface area (Å²) in [4.78, 5) is 10.8. The van der Waals surface area contributed by atoms with Crippen LogP contribution < -0.4 is 10.2 Å². The fourth-order valence-electron chi connectivity index (χ4n) is 2.67. The van der Waals surface area contributed by atoms with Gasteiger partial charge in [0.25, 0.3) is 0 Å². The Morgan fingerprint density at radius 2 is 2.00 bits per heavy atom. The zero-order valence-corrected chi connectivity index (χ0v) is 13.0. The van der Waals surface area contributed by atoms with Crippen LogP contribution in [0.15, 0.2) is 6.20 Å². The highest BCUT2D eigenvalue weighted by Crippen LogP contribution is 2.38. The van der Waals surface area contributed by atoms with Crippen LogP contribution in [-0.4, -0.2) is 30.1 Å². The van der Waals surface area contributed by atoms with Crippen LogP contribution in [0.3, 0.4) is 0 Å². The molecule has 0 amide bonds. The van der Waals surface area contributed by atoms with Crippen LogP contribution >= 0.6 is 11.6 Å². The van der Waals surface area contributed by atoms with Gasteiger partial charge in [0.15, 0.2) is 5.82 Å². The Labute approximate surface area is 120 Å². The molecule has 1 aromatic rings. The molecule has 1 aliphatic carbocycles. The van der Waals surface area contributed by atoms with E-state index in [0.717, 1.165) is 5.82 Å². The number of hydrogen-bond donors (Lipinski definition) is 1. The minimum atomic E-state index is 0.475. The Morgan fingerprint density at radius 1 is 1.37 bits per heavy atom. The topological polar surface area (TPSA) is 41.1 Å². The smallest absolute Gasteiger partial charge is 0.224 e. The minimum absolute atomic E-state index is 0.475. The summed E-state index contributed by atoms with van der Waals surface area (Å²) < 4.78 is 0. The molecule has 0 unspecified atom stereocenters. The van der Waals surface area contributed by atoms with Crippen molar-refractivity contribution in [2.75, 3.05) is 24.3 Å². The standard InChI is InChI=1S/C14H23ClN4/c1-14(2)7-5-10(6-8-14)19(4)12-11(15)9-17-13(16-3)18-12/h9-10H,5-8H2,1-4H3,(H,16,17,18). The van der Waals surface area contributed by atoms with Crippen molar-refractivity contribution in [2.24, 2.45) is 5.41 Å². The van der Waals surface area contributed by atoms with Gasteiger partial charge < -0.3 is 10.2 Å². The van der Waals surface area contributed by atoms with Gasteiger partial charge in [0.1, 0.15) is 5.02 Å². The molecule has 1 N–H and O–H groups in total. The van der Waals surface area contributed by atoms with Crippen LogP contribution in [0.4, 0.5) is 11.8 Å².